The summed E-state index contributed by atoms with van der Waals surface area (Å²) in [5.74, 6) is 1.18. The number of aromatic nitrogens is 3. The second-order valence-corrected chi connectivity index (χ2v) is 5.38. The van der Waals surface area contributed by atoms with Gasteiger partial charge in [0.25, 0.3) is 0 Å². The van der Waals surface area contributed by atoms with Crippen molar-refractivity contribution in [2.24, 2.45) is 0 Å². The van der Waals surface area contributed by atoms with Gasteiger partial charge in [-0.1, -0.05) is 23.7 Å². The molecule has 20 heavy (non-hydrogen) atoms. The lowest BCUT2D eigenvalue weighted by Gasteiger charge is -2.08. The lowest BCUT2D eigenvalue weighted by Crippen LogP contribution is -2.05. The van der Waals surface area contributed by atoms with Crippen LogP contribution in [0.1, 0.15) is 17.1 Å². The summed E-state index contributed by atoms with van der Waals surface area (Å²) >= 11 is 12.0. The van der Waals surface area contributed by atoms with Gasteiger partial charge in [-0.3, -0.25) is 0 Å². The van der Waals surface area contributed by atoms with Crippen molar-refractivity contribution in [3.05, 3.63) is 58.5 Å². The largest absolute Gasteiger partial charge is 0.307 e. The van der Waals surface area contributed by atoms with Crippen LogP contribution >= 0.6 is 23.2 Å². The number of nitrogens with zero attached hydrogens (tertiary/aromatic N) is 3. The molecule has 0 amide bonds. The first-order valence-electron chi connectivity index (χ1n) is 6.30. The van der Waals surface area contributed by atoms with Gasteiger partial charge in [0.1, 0.15) is 11.3 Å². The van der Waals surface area contributed by atoms with Crippen LogP contribution in [0.25, 0.3) is 11.2 Å². The average molecular weight is 306 g/mol. The van der Waals surface area contributed by atoms with E-state index in [0.29, 0.717) is 12.4 Å². The molecule has 3 rings (SSSR count). The summed E-state index contributed by atoms with van der Waals surface area (Å²) < 4.78 is 2.04. The van der Waals surface area contributed by atoms with Gasteiger partial charge in [-0.25, -0.2) is 9.97 Å². The van der Waals surface area contributed by atoms with Crippen LogP contribution in [0.4, 0.5) is 0 Å². The molecule has 0 saturated heterocycles. The number of aryl methyl sites for hydroxylation is 1. The summed E-state index contributed by atoms with van der Waals surface area (Å²) in [6.07, 6.45) is 0. The molecule has 0 fully saturated rings. The second-order valence-electron chi connectivity index (χ2n) is 4.67. The van der Waals surface area contributed by atoms with Gasteiger partial charge in [0, 0.05) is 10.7 Å². The quantitative estimate of drug-likeness (QED) is 0.680. The summed E-state index contributed by atoms with van der Waals surface area (Å²) in [7, 11) is 0. The van der Waals surface area contributed by atoms with Crippen molar-refractivity contribution in [3.63, 3.8) is 0 Å². The Hall–Kier alpha value is -1.58. The monoisotopic (exact) mass is 305 g/mol. The first-order valence-corrected chi connectivity index (χ1v) is 7.22. The maximum atomic E-state index is 6.04. The summed E-state index contributed by atoms with van der Waals surface area (Å²) in [5, 5.41) is 0.725. The van der Waals surface area contributed by atoms with Crippen molar-refractivity contribution >= 4 is 34.4 Å². The molecule has 2 heterocycles. The lowest BCUT2D eigenvalue weighted by atomic mass is 10.2. The van der Waals surface area contributed by atoms with Crippen molar-refractivity contribution in [3.8, 4) is 0 Å². The maximum Gasteiger partial charge on any atom is 0.160 e. The molecular weight excluding hydrogens is 293 g/mol. The summed E-state index contributed by atoms with van der Waals surface area (Å²) in [4.78, 5) is 9.10. The predicted molar refractivity (Wildman–Crippen MR) is 82.4 cm³/mol. The molecule has 5 heteroatoms. The van der Waals surface area contributed by atoms with Crippen LogP contribution in [0.3, 0.4) is 0 Å². The number of imidazole rings is 1. The van der Waals surface area contributed by atoms with E-state index in [-0.39, 0.29) is 0 Å². The van der Waals surface area contributed by atoms with Gasteiger partial charge in [0.2, 0.25) is 0 Å². The van der Waals surface area contributed by atoms with E-state index >= 15 is 0 Å². The number of benzene rings is 1. The van der Waals surface area contributed by atoms with Crippen molar-refractivity contribution < 1.29 is 0 Å². The van der Waals surface area contributed by atoms with E-state index in [1.54, 1.807) is 0 Å². The Morgan fingerprint density at radius 3 is 2.75 bits per heavy atom. The van der Waals surface area contributed by atoms with E-state index in [2.05, 4.69) is 9.97 Å². The molecule has 3 nitrogen and oxygen atoms in total. The van der Waals surface area contributed by atoms with Crippen molar-refractivity contribution in [2.45, 2.75) is 19.3 Å². The molecule has 0 unspecified atom stereocenters. The highest BCUT2D eigenvalue weighted by atomic mass is 35.5. The number of alkyl halides is 1. The highest BCUT2D eigenvalue weighted by Crippen LogP contribution is 2.19. The highest BCUT2D eigenvalue weighted by Gasteiger charge is 2.11. The molecule has 0 radical (unpaired) electrons. The van der Waals surface area contributed by atoms with Crippen molar-refractivity contribution in [1.82, 2.24) is 14.5 Å². The third kappa shape index (κ3) is 2.51. The fraction of sp³-hybridized carbons (Fsp3) is 0.200. The molecule has 0 saturated carbocycles. The first kappa shape index (κ1) is 13.4. The van der Waals surface area contributed by atoms with Gasteiger partial charge in [-0.15, -0.1) is 11.6 Å². The van der Waals surface area contributed by atoms with E-state index in [9.17, 15) is 0 Å². The summed E-state index contributed by atoms with van der Waals surface area (Å²) in [6.45, 7) is 2.63. The van der Waals surface area contributed by atoms with Crippen LogP contribution in [0.2, 0.25) is 5.02 Å². The fourth-order valence-corrected chi connectivity index (χ4v) is 2.65. The molecule has 0 N–H and O–H groups in total. The Bertz CT molecular complexity index is 765. The number of rotatable bonds is 3. The van der Waals surface area contributed by atoms with Gasteiger partial charge in [0.15, 0.2) is 5.65 Å². The smallest absolute Gasteiger partial charge is 0.160 e. The van der Waals surface area contributed by atoms with E-state index in [1.807, 2.05) is 47.9 Å². The van der Waals surface area contributed by atoms with Crippen LogP contribution < -0.4 is 0 Å². The Balaban J connectivity index is 2.11. The zero-order valence-electron chi connectivity index (χ0n) is 11.0. The Kier molecular flexibility index (Phi) is 3.64. The van der Waals surface area contributed by atoms with E-state index in [1.165, 1.54) is 0 Å². The van der Waals surface area contributed by atoms with Gasteiger partial charge >= 0.3 is 0 Å². The zero-order valence-corrected chi connectivity index (χ0v) is 12.5. The third-order valence-electron chi connectivity index (χ3n) is 3.16. The van der Waals surface area contributed by atoms with Crippen LogP contribution in [-0.4, -0.2) is 14.5 Å². The normalized spacial score (nSPS) is 11.2. The minimum atomic E-state index is 0.357. The van der Waals surface area contributed by atoms with Gasteiger partial charge in [-0.2, -0.15) is 0 Å². The molecule has 1 aromatic carbocycles. The molecular formula is C15H13Cl2N3. The Morgan fingerprint density at radius 1 is 1.15 bits per heavy atom. The van der Waals surface area contributed by atoms with E-state index < -0.39 is 0 Å². The molecule has 0 bridgehead atoms. The van der Waals surface area contributed by atoms with Crippen LogP contribution in [0, 0.1) is 6.92 Å². The highest BCUT2D eigenvalue weighted by molar-refractivity contribution is 6.30. The summed E-state index contributed by atoms with van der Waals surface area (Å²) in [6, 6.07) is 11.7. The topological polar surface area (TPSA) is 30.7 Å². The number of fused-ring (bicyclic) bond motifs is 1. The predicted octanol–water partition coefficient (Wildman–Crippen LogP) is 4.18. The molecule has 0 atom stereocenters. The number of halogens is 2. The molecule has 0 aliphatic carbocycles. The third-order valence-corrected chi connectivity index (χ3v) is 3.63. The molecule has 0 aliphatic heterocycles. The molecule has 3 aromatic rings. The molecule has 0 aliphatic rings. The van der Waals surface area contributed by atoms with Crippen LogP contribution in [0.15, 0.2) is 36.4 Å². The lowest BCUT2D eigenvalue weighted by molar-refractivity contribution is 0.769. The standard InChI is InChI=1S/C15H13Cl2N3/c1-10-5-6-13-15(18-10)20(14(8-16)19-13)9-11-3-2-4-12(17)7-11/h2-7H,8-9H2,1H3. The molecule has 102 valence electrons. The number of hydrogen-bond acceptors (Lipinski definition) is 2. The minimum Gasteiger partial charge on any atom is -0.307 e. The van der Waals surface area contributed by atoms with Crippen molar-refractivity contribution in [2.75, 3.05) is 0 Å². The minimum absolute atomic E-state index is 0.357. The van der Waals surface area contributed by atoms with Crippen LogP contribution in [0.5, 0.6) is 0 Å². The van der Waals surface area contributed by atoms with Gasteiger partial charge < -0.3 is 4.57 Å². The fourth-order valence-electron chi connectivity index (χ4n) is 2.23. The first-order chi connectivity index (χ1) is 9.67. The average Bonchev–Trinajstić information content (AvgIpc) is 2.76. The SMILES string of the molecule is Cc1ccc2nc(CCl)n(Cc3cccc(Cl)c3)c2n1. The summed E-state index contributed by atoms with van der Waals surface area (Å²) in [5.41, 5.74) is 3.80. The molecule has 0 spiro atoms. The number of hydrogen-bond donors (Lipinski definition) is 0. The van der Waals surface area contributed by atoms with Gasteiger partial charge in [0.05, 0.1) is 12.4 Å². The van der Waals surface area contributed by atoms with E-state index in [4.69, 9.17) is 23.2 Å². The maximum absolute atomic E-state index is 6.04. The Morgan fingerprint density at radius 2 is 2.00 bits per heavy atom. The van der Waals surface area contributed by atoms with E-state index in [0.717, 1.165) is 33.3 Å². The Labute approximate surface area is 127 Å². The van der Waals surface area contributed by atoms with Crippen LogP contribution in [-0.2, 0) is 12.4 Å². The molecule has 2 aromatic heterocycles. The second kappa shape index (κ2) is 5.43. The van der Waals surface area contributed by atoms with Crippen molar-refractivity contribution in [1.29, 1.82) is 0 Å². The van der Waals surface area contributed by atoms with Gasteiger partial charge in [-0.05, 0) is 36.8 Å². The zero-order chi connectivity index (χ0) is 14.1. The number of pyridine rings is 1.